The van der Waals surface area contributed by atoms with Gasteiger partial charge in [0.2, 0.25) is 5.91 Å². The van der Waals surface area contributed by atoms with Crippen LogP contribution in [0.5, 0.6) is 0 Å². The summed E-state index contributed by atoms with van der Waals surface area (Å²) in [7, 11) is 1.28. The van der Waals surface area contributed by atoms with Gasteiger partial charge in [-0.05, 0) is 24.5 Å². The Labute approximate surface area is 152 Å². The summed E-state index contributed by atoms with van der Waals surface area (Å²) < 4.78 is 4.73. The fraction of sp³-hybridized carbons (Fsp3) is 0.474. The van der Waals surface area contributed by atoms with Crippen molar-refractivity contribution in [2.75, 3.05) is 13.7 Å². The van der Waals surface area contributed by atoms with Crippen LogP contribution in [-0.2, 0) is 14.3 Å². The number of nitrogens with one attached hydrogen (secondary N) is 1. The average Bonchev–Trinajstić information content (AvgIpc) is 2.90. The SMILES string of the molecule is CC[C@H](C)[C@H](NC(=O)CCCN1C(=O)c2ccccc2C1=O)C(=O)OC. The Morgan fingerprint density at radius 3 is 2.23 bits per heavy atom. The van der Waals surface area contributed by atoms with Gasteiger partial charge in [0.25, 0.3) is 11.8 Å². The number of carbonyl (C=O) groups excluding carboxylic acids is 4. The number of ether oxygens (including phenoxy) is 1. The van der Waals surface area contributed by atoms with E-state index in [0.29, 0.717) is 17.5 Å². The van der Waals surface area contributed by atoms with Crippen molar-refractivity contribution in [3.05, 3.63) is 35.4 Å². The molecule has 0 aromatic heterocycles. The van der Waals surface area contributed by atoms with Crippen LogP contribution in [0.1, 0.15) is 53.8 Å². The monoisotopic (exact) mass is 360 g/mol. The van der Waals surface area contributed by atoms with Crippen molar-refractivity contribution in [2.24, 2.45) is 5.92 Å². The lowest BCUT2D eigenvalue weighted by atomic mass is 9.99. The van der Waals surface area contributed by atoms with Gasteiger partial charge in [-0.25, -0.2) is 4.79 Å². The zero-order valence-corrected chi connectivity index (χ0v) is 15.3. The minimum atomic E-state index is -0.697. The molecule has 7 nitrogen and oxygen atoms in total. The third-order valence-electron chi connectivity index (χ3n) is 4.65. The lowest BCUT2D eigenvalue weighted by molar-refractivity contribution is -0.146. The van der Waals surface area contributed by atoms with Crippen LogP contribution in [0, 0.1) is 5.92 Å². The summed E-state index contributed by atoms with van der Waals surface area (Å²) in [6.45, 7) is 3.95. The standard InChI is InChI=1S/C19H24N2O5/c1-4-12(2)16(19(25)26-3)20-15(22)10-7-11-21-17(23)13-8-5-6-9-14(13)18(21)24/h5-6,8-9,12,16H,4,7,10-11H2,1-3H3,(H,20,22)/t12-,16-/m0/s1. The quantitative estimate of drug-likeness (QED) is 0.563. The molecule has 1 aromatic rings. The van der Waals surface area contributed by atoms with Crippen molar-refractivity contribution in [1.29, 1.82) is 0 Å². The molecule has 1 aromatic carbocycles. The highest BCUT2D eigenvalue weighted by Crippen LogP contribution is 2.22. The maximum atomic E-state index is 12.3. The first-order valence-corrected chi connectivity index (χ1v) is 8.73. The zero-order valence-electron chi connectivity index (χ0n) is 15.3. The number of methoxy groups -OCH3 is 1. The molecular weight excluding hydrogens is 336 g/mol. The fourth-order valence-corrected chi connectivity index (χ4v) is 2.88. The topological polar surface area (TPSA) is 92.8 Å². The van der Waals surface area contributed by atoms with Crippen LogP contribution in [0.25, 0.3) is 0 Å². The van der Waals surface area contributed by atoms with E-state index >= 15 is 0 Å². The Hall–Kier alpha value is -2.70. The van der Waals surface area contributed by atoms with Crippen molar-refractivity contribution in [2.45, 2.75) is 39.2 Å². The number of carbonyl (C=O) groups is 4. The molecule has 1 N–H and O–H groups in total. The van der Waals surface area contributed by atoms with E-state index in [-0.39, 0.29) is 36.6 Å². The number of esters is 1. The Bertz CT molecular complexity index is 681. The van der Waals surface area contributed by atoms with Crippen molar-refractivity contribution in [3.8, 4) is 0 Å². The molecule has 7 heteroatoms. The number of nitrogens with zero attached hydrogens (tertiary/aromatic N) is 1. The largest absolute Gasteiger partial charge is 0.467 e. The molecule has 0 radical (unpaired) electrons. The summed E-state index contributed by atoms with van der Waals surface area (Å²) in [6, 6.07) is 5.97. The average molecular weight is 360 g/mol. The van der Waals surface area contributed by atoms with E-state index in [1.54, 1.807) is 24.3 Å². The molecule has 0 bridgehead atoms. The normalized spacial score (nSPS) is 15.4. The van der Waals surface area contributed by atoms with Gasteiger partial charge in [-0.15, -0.1) is 0 Å². The minimum absolute atomic E-state index is 0.0531. The molecule has 1 heterocycles. The van der Waals surface area contributed by atoms with E-state index in [2.05, 4.69) is 5.32 Å². The molecule has 0 fully saturated rings. The van der Waals surface area contributed by atoms with Crippen LogP contribution < -0.4 is 5.32 Å². The second kappa shape index (κ2) is 8.60. The lowest BCUT2D eigenvalue weighted by Gasteiger charge is -2.22. The first-order valence-electron chi connectivity index (χ1n) is 8.73. The smallest absolute Gasteiger partial charge is 0.328 e. The lowest BCUT2D eigenvalue weighted by Crippen LogP contribution is -2.45. The van der Waals surface area contributed by atoms with E-state index < -0.39 is 12.0 Å². The number of benzene rings is 1. The van der Waals surface area contributed by atoms with Crippen LogP contribution >= 0.6 is 0 Å². The molecule has 2 atom stereocenters. The number of amides is 3. The van der Waals surface area contributed by atoms with Gasteiger partial charge in [-0.3, -0.25) is 19.3 Å². The number of imide groups is 1. The Morgan fingerprint density at radius 1 is 1.15 bits per heavy atom. The van der Waals surface area contributed by atoms with Crippen LogP contribution in [0.3, 0.4) is 0 Å². The summed E-state index contributed by atoms with van der Waals surface area (Å²) >= 11 is 0. The van der Waals surface area contributed by atoms with Crippen molar-refractivity contribution in [3.63, 3.8) is 0 Å². The van der Waals surface area contributed by atoms with Gasteiger partial charge < -0.3 is 10.1 Å². The van der Waals surface area contributed by atoms with E-state index in [1.807, 2.05) is 13.8 Å². The molecule has 0 spiro atoms. The molecule has 140 valence electrons. The third kappa shape index (κ3) is 4.09. The second-order valence-corrected chi connectivity index (χ2v) is 6.36. The van der Waals surface area contributed by atoms with Gasteiger partial charge in [-0.2, -0.15) is 0 Å². The van der Waals surface area contributed by atoms with E-state index in [1.165, 1.54) is 7.11 Å². The fourth-order valence-electron chi connectivity index (χ4n) is 2.88. The van der Waals surface area contributed by atoms with Crippen molar-refractivity contribution < 1.29 is 23.9 Å². The summed E-state index contributed by atoms with van der Waals surface area (Å²) in [4.78, 5) is 49.6. The van der Waals surface area contributed by atoms with Gasteiger partial charge in [0.05, 0.1) is 18.2 Å². The van der Waals surface area contributed by atoms with Gasteiger partial charge in [0.1, 0.15) is 6.04 Å². The highest BCUT2D eigenvalue weighted by Gasteiger charge is 2.34. The summed E-state index contributed by atoms with van der Waals surface area (Å²) in [5.41, 5.74) is 0.786. The third-order valence-corrected chi connectivity index (χ3v) is 4.65. The van der Waals surface area contributed by atoms with Crippen LogP contribution in [0.2, 0.25) is 0 Å². The first kappa shape index (κ1) is 19.6. The Kier molecular flexibility index (Phi) is 6.49. The second-order valence-electron chi connectivity index (χ2n) is 6.36. The molecule has 1 aliphatic rings. The van der Waals surface area contributed by atoms with Gasteiger partial charge in [0, 0.05) is 13.0 Å². The van der Waals surface area contributed by atoms with Crippen molar-refractivity contribution >= 4 is 23.7 Å². The Balaban J connectivity index is 1.88. The highest BCUT2D eigenvalue weighted by atomic mass is 16.5. The van der Waals surface area contributed by atoms with Gasteiger partial charge in [0.15, 0.2) is 0 Å². The van der Waals surface area contributed by atoms with Crippen molar-refractivity contribution in [1.82, 2.24) is 10.2 Å². The molecule has 3 amide bonds. The number of hydrogen-bond donors (Lipinski definition) is 1. The maximum absolute atomic E-state index is 12.3. The molecule has 0 aliphatic carbocycles. The number of rotatable bonds is 8. The van der Waals surface area contributed by atoms with E-state index in [9.17, 15) is 19.2 Å². The molecule has 0 unspecified atom stereocenters. The maximum Gasteiger partial charge on any atom is 0.328 e. The molecule has 1 aliphatic heterocycles. The molecule has 26 heavy (non-hydrogen) atoms. The van der Waals surface area contributed by atoms with Crippen LogP contribution in [-0.4, -0.2) is 48.3 Å². The first-order chi connectivity index (χ1) is 12.4. The zero-order chi connectivity index (χ0) is 19.3. The predicted molar refractivity (Wildman–Crippen MR) is 94.4 cm³/mol. The van der Waals surface area contributed by atoms with Crippen LogP contribution in [0.4, 0.5) is 0 Å². The van der Waals surface area contributed by atoms with Gasteiger partial charge in [-0.1, -0.05) is 32.4 Å². The molecular formula is C19H24N2O5. The summed E-state index contributed by atoms with van der Waals surface area (Å²) in [6.07, 6.45) is 1.15. The molecule has 0 saturated heterocycles. The summed E-state index contributed by atoms with van der Waals surface area (Å²) in [5, 5.41) is 2.68. The summed E-state index contributed by atoms with van der Waals surface area (Å²) in [5.74, 6) is -1.51. The van der Waals surface area contributed by atoms with E-state index in [0.717, 1.165) is 11.3 Å². The van der Waals surface area contributed by atoms with E-state index in [4.69, 9.17) is 4.74 Å². The minimum Gasteiger partial charge on any atom is -0.467 e. The predicted octanol–water partition coefficient (Wildman–Crippen LogP) is 1.77. The molecule has 0 saturated carbocycles. The Morgan fingerprint density at radius 2 is 1.73 bits per heavy atom. The number of fused-ring (bicyclic) bond motifs is 1. The molecule has 2 rings (SSSR count). The highest BCUT2D eigenvalue weighted by molar-refractivity contribution is 6.21. The van der Waals surface area contributed by atoms with Gasteiger partial charge >= 0.3 is 5.97 Å². The van der Waals surface area contributed by atoms with Crippen LogP contribution in [0.15, 0.2) is 24.3 Å². The number of hydrogen-bond acceptors (Lipinski definition) is 5.